The van der Waals surface area contributed by atoms with E-state index in [9.17, 15) is 30.0 Å². The van der Waals surface area contributed by atoms with Crippen LogP contribution in [0.15, 0.2) is 36.4 Å². The summed E-state index contributed by atoms with van der Waals surface area (Å²) >= 11 is 0. The molecular formula is C40H72N10O6. The van der Waals surface area contributed by atoms with Gasteiger partial charge in [-0.3, -0.25) is 24.3 Å². The molecule has 0 atom stereocenters. The van der Waals surface area contributed by atoms with Gasteiger partial charge in [-0.2, -0.15) is 0 Å². The molecule has 0 unspecified atom stereocenters. The van der Waals surface area contributed by atoms with E-state index in [1.54, 1.807) is 0 Å². The molecule has 0 fully saturated rings. The number of rotatable bonds is 33. The van der Waals surface area contributed by atoms with E-state index in [0.29, 0.717) is 51.4 Å². The fraction of sp³-hybridized carbons (Fsp3) is 0.650. The highest BCUT2D eigenvalue weighted by Crippen LogP contribution is 2.25. The first-order valence-electron chi connectivity index (χ1n) is 20.4. The molecule has 0 radical (unpaired) electrons. The van der Waals surface area contributed by atoms with Gasteiger partial charge >= 0.3 is 0 Å². The Kier molecular flexibility index (Phi) is 25.5. The van der Waals surface area contributed by atoms with Gasteiger partial charge < -0.3 is 58.1 Å². The average Bonchev–Trinajstić information content (AvgIpc) is 3.18. The SMILES string of the molecule is CCCCCCN(CCN(CCNCCN)CCNCCN(CCC)CCNC(=O)c1ccc(O)c(O)c1)CN(CCN)CCNC(=O)c1ccc(O)c(O)c1. The molecule has 0 aliphatic carbocycles. The lowest BCUT2D eigenvalue weighted by Gasteiger charge is -2.32. The molecule has 2 aromatic carbocycles. The Morgan fingerprint density at radius 1 is 0.500 bits per heavy atom. The van der Waals surface area contributed by atoms with Gasteiger partial charge in [0.1, 0.15) is 0 Å². The van der Waals surface area contributed by atoms with Gasteiger partial charge in [-0.25, -0.2) is 0 Å². The Morgan fingerprint density at radius 2 is 0.982 bits per heavy atom. The van der Waals surface area contributed by atoms with Crippen molar-refractivity contribution in [2.24, 2.45) is 11.5 Å². The Hall–Kier alpha value is -3.74. The monoisotopic (exact) mass is 789 g/mol. The molecule has 0 saturated heterocycles. The van der Waals surface area contributed by atoms with Crippen LogP contribution in [0.3, 0.4) is 0 Å². The van der Waals surface area contributed by atoms with Crippen molar-refractivity contribution in [3.8, 4) is 23.0 Å². The van der Waals surface area contributed by atoms with E-state index < -0.39 is 0 Å². The minimum atomic E-state index is -0.327. The van der Waals surface area contributed by atoms with E-state index in [1.165, 1.54) is 55.7 Å². The van der Waals surface area contributed by atoms with Crippen molar-refractivity contribution >= 4 is 11.8 Å². The van der Waals surface area contributed by atoms with Crippen LogP contribution in [-0.2, 0) is 0 Å². The maximum atomic E-state index is 12.7. The molecule has 318 valence electrons. The topological polar surface area (TPSA) is 228 Å². The van der Waals surface area contributed by atoms with E-state index in [4.69, 9.17) is 11.5 Å². The van der Waals surface area contributed by atoms with Crippen LogP contribution in [0.4, 0.5) is 0 Å². The molecule has 0 saturated carbocycles. The van der Waals surface area contributed by atoms with Crippen molar-refractivity contribution in [1.29, 1.82) is 0 Å². The van der Waals surface area contributed by atoms with Gasteiger partial charge in [-0.15, -0.1) is 0 Å². The summed E-state index contributed by atoms with van der Waals surface area (Å²) in [4.78, 5) is 34.8. The molecule has 16 nitrogen and oxygen atoms in total. The summed E-state index contributed by atoms with van der Waals surface area (Å²) in [6.07, 6.45) is 5.68. The smallest absolute Gasteiger partial charge is 0.251 e. The van der Waals surface area contributed by atoms with Crippen LogP contribution in [0.5, 0.6) is 23.0 Å². The predicted octanol–water partition coefficient (Wildman–Crippen LogP) is 0.921. The van der Waals surface area contributed by atoms with Gasteiger partial charge in [-0.1, -0.05) is 33.1 Å². The van der Waals surface area contributed by atoms with Crippen LogP contribution in [0.25, 0.3) is 0 Å². The van der Waals surface area contributed by atoms with E-state index in [0.717, 1.165) is 91.5 Å². The molecular weight excluding hydrogens is 717 g/mol. The Bertz CT molecular complexity index is 1370. The van der Waals surface area contributed by atoms with Crippen molar-refractivity contribution in [3.63, 3.8) is 0 Å². The van der Waals surface area contributed by atoms with Crippen molar-refractivity contribution in [1.82, 2.24) is 40.9 Å². The third kappa shape index (κ3) is 20.4. The van der Waals surface area contributed by atoms with Gasteiger partial charge in [0.2, 0.25) is 0 Å². The number of carbonyl (C=O) groups excluding carboxylic acids is 2. The quantitative estimate of drug-likeness (QED) is 0.0276. The summed E-state index contributed by atoms with van der Waals surface area (Å²) in [6, 6.07) is 8.10. The van der Waals surface area contributed by atoms with Gasteiger partial charge in [-0.05, 0) is 62.3 Å². The maximum Gasteiger partial charge on any atom is 0.251 e. The maximum absolute atomic E-state index is 12.7. The Morgan fingerprint density at radius 3 is 1.48 bits per heavy atom. The van der Waals surface area contributed by atoms with E-state index in [2.05, 4.69) is 54.7 Å². The van der Waals surface area contributed by atoms with Gasteiger partial charge in [0, 0.05) is 116 Å². The summed E-state index contributed by atoms with van der Waals surface area (Å²) in [5.74, 6) is -1.77. The number of phenols is 4. The number of benzene rings is 2. The standard InChI is InChI=1S/C40H72N10O6/c1-3-5-6-7-21-49(32-50(22-13-42)27-19-46-40(56)34-9-11-36(52)38(54)31-34)29-28-48(24-15-43-14-12-41)25-17-44-16-23-47(20-4-2)26-18-45-39(55)33-8-10-35(51)37(53)30-33/h8-11,30-31,43-44,51-54H,3-7,12-29,32,41-42H2,1-2H3,(H,45,55)(H,46,56). The molecule has 0 aliphatic rings. The van der Waals surface area contributed by atoms with Crippen LogP contribution >= 0.6 is 0 Å². The van der Waals surface area contributed by atoms with Gasteiger partial charge in [0.25, 0.3) is 11.8 Å². The second kappa shape index (κ2) is 29.5. The lowest BCUT2D eigenvalue weighted by atomic mass is 10.2. The number of hydrogen-bond donors (Lipinski definition) is 10. The van der Waals surface area contributed by atoms with Crippen LogP contribution < -0.4 is 32.7 Å². The molecule has 0 aliphatic heterocycles. The number of carbonyl (C=O) groups is 2. The van der Waals surface area contributed by atoms with Crippen LogP contribution in [0, 0.1) is 0 Å². The predicted molar refractivity (Wildman–Crippen MR) is 223 cm³/mol. The molecule has 0 bridgehead atoms. The summed E-state index contributed by atoms with van der Waals surface area (Å²) in [6.45, 7) is 18.7. The van der Waals surface area contributed by atoms with Gasteiger partial charge in [0.05, 0.1) is 6.67 Å². The molecule has 2 rings (SSSR count). The van der Waals surface area contributed by atoms with E-state index in [1.807, 2.05) is 0 Å². The highest BCUT2D eigenvalue weighted by Gasteiger charge is 2.16. The molecule has 16 heteroatoms. The lowest BCUT2D eigenvalue weighted by molar-refractivity contribution is 0.0924. The zero-order chi connectivity index (χ0) is 41.0. The minimum absolute atomic E-state index is 0.256. The first-order valence-corrected chi connectivity index (χ1v) is 20.4. The Balaban J connectivity index is 1.90. The van der Waals surface area contributed by atoms with Crippen LogP contribution in [0.2, 0.25) is 0 Å². The highest BCUT2D eigenvalue weighted by atomic mass is 16.3. The molecule has 0 aromatic heterocycles. The van der Waals surface area contributed by atoms with Crippen molar-refractivity contribution in [2.75, 3.05) is 124 Å². The number of nitrogens with two attached hydrogens (primary N) is 2. The summed E-state index contributed by atoms with van der Waals surface area (Å²) in [7, 11) is 0. The first kappa shape index (κ1) is 48.4. The second-order valence-corrected chi connectivity index (χ2v) is 14.1. The van der Waals surface area contributed by atoms with Crippen molar-refractivity contribution in [3.05, 3.63) is 47.5 Å². The van der Waals surface area contributed by atoms with Crippen molar-refractivity contribution < 1.29 is 30.0 Å². The molecule has 0 heterocycles. The van der Waals surface area contributed by atoms with Crippen LogP contribution in [0.1, 0.15) is 66.7 Å². The third-order valence-corrected chi connectivity index (χ3v) is 9.48. The highest BCUT2D eigenvalue weighted by molar-refractivity contribution is 5.95. The molecule has 56 heavy (non-hydrogen) atoms. The fourth-order valence-corrected chi connectivity index (χ4v) is 6.26. The third-order valence-electron chi connectivity index (χ3n) is 9.48. The number of nitrogens with one attached hydrogen (secondary N) is 4. The first-order chi connectivity index (χ1) is 27.1. The fourth-order valence-electron chi connectivity index (χ4n) is 6.26. The van der Waals surface area contributed by atoms with E-state index >= 15 is 0 Å². The molecule has 2 amide bonds. The average molecular weight is 789 g/mol. The lowest BCUT2D eigenvalue weighted by Crippen LogP contribution is -2.47. The summed E-state index contributed by atoms with van der Waals surface area (Å²) < 4.78 is 0. The summed E-state index contributed by atoms with van der Waals surface area (Å²) in [5, 5.41) is 51.5. The number of hydrogen-bond acceptors (Lipinski definition) is 14. The normalized spacial score (nSPS) is 11.6. The number of amides is 2. The van der Waals surface area contributed by atoms with Crippen molar-refractivity contribution in [2.45, 2.75) is 46.0 Å². The zero-order valence-electron chi connectivity index (χ0n) is 34.0. The van der Waals surface area contributed by atoms with Crippen LogP contribution in [-0.4, -0.2) is 176 Å². The number of aromatic hydroxyl groups is 4. The Labute approximate surface area is 334 Å². The molecule has 12 N–H and O–H groups in total. The largest absolute Gasteiger partial charge is 0.504 e. The molecule has 0 spiro atoms. The van der Waals surface area contributed by atoms with E-state index in [-0.39, 0.29) is 40.4 Å². The molecule has 2 aromatic rings. The van der Waals surface area contributed by atoms with Gasteiger partial charge in [0.15, 0.2) is 23.0 Å². The zero-order valence-corrected chi connectivity index (χ0v) is 34.0. The summed E-state index contributed by atoms with van der Waals surface area (Å²) in [5.41, 5.74) is 12.3. The number of nitrogens with zero attached hydrogens (tertiary/aromatic N) is 4. The number of unbranched alkanes of at least 4 members (excludes halogenated alkanes) is 3. The minimum Gasteiger partial charge on any atom is -0.504 e. The second-order valence-electron chi connectivity index (χ2n) is 14.1. The number of phenolic OH excluding ortho intramolecular Hbond substituents is 4.